The first kappa shape index (κ1) is 20.4. The highest BCUT2D eigenvalue weighted by Crippen LogP contribution is 2.40. The number of hydrogen-bond acceptors (Lipinski definition) is 5. The average Bonchev–Trinajstić information content (AvgIpc) is 3.19. The minimum Gasteiger partial charge on any atom is -0.494 e. The number of likely N-dealkylation sites (tertiary alicyclic amines) is 1. The van der Waals surface area contributed by atoms with Crippen molar-refractivity contribution < 1.29 is 14.3 Å². The lowest BCUT2D eigenvalue weighted by Gasteiger charge is -2.34. The van der Waals surface area contributed by atoms with Gasteiger partial charge in [-0.3, -0.25) is 9.59 Å². The normalized spacial score (nSPS) is 23.4. The second-order valence-corrected chi connectivity index (χ2v) is 8.96. The van der Waals surface area contributed by atoms with E-state index >= 15 is 0 Å². The fraction of sp³-hybridized carbons (Fsp3) is 0.700. The maximum absolute atomic E-state index is 13.6. The molecular weight excluding hydrogens is 358 g/mol. The first-order valence-corrected chi connectivity index (χ1v) is 9.87. The molecule has 0 aromatic carbocycles. The summed E-state index contributed by atoms with van der Waals surface area (Å²) in [4.78, 5) is 27.7. The van der Waals surface area contributed by atoms with E-state index in [1.165, 1.54) is 0 Å². The van der Waals surface area contributed by atoms with Gasteiger partial charge in [-0.15, -0.1) is 5.10 Å². The van der Waals surface area contributed by atoms with Crippen LogP contribution in [0.3, 0.4) is 0 Å². The summed E-state index contributed by atoms with van der Waals surface area (Å²) in [6, 6.07) is -1.12. The smallest absolute Gasteiger partial charge is 0.248 e. The Balaban J connectivity index is 1.88. The van der Waals surface area contributed by atoms with E-state index in [9.17, 15) is 9.59 Å². The van der Waals surface area contributed by atoms with E-state index in [4.69, 9.17) is 4.74 Å². The van der Waals surface area contributed by atoms with Gasteiger partial charge in [0.15, 0.2) is 0 Å². The van der Waals surface area contributed by atoms with E-state index in [2.05, 4.69) is 22.2 Å². The van der Waals surface area contributed by atoms with Crippen molar-refractivity contribution in [2.24, 2.45) is 5.41 Å². The zero-order valence-electron chi connectivity index (χ0n) is 17.4. The molecule has 1 aliphatic carbocycles. The molecule has 3 unspecified atom stereocenters. The third kappa shape index (κ3) is 4.20. The van der Waals surface area contributed by atoms with Gasteiger partial charge in [-0.05, 0) is 25.2 Å². The van der Waals surface area contributed by atoms with Crippen molar-refractivity contribution in [2.45, 2.75) is 71.1 Å². The summed E-state index contributed by atoms with van der Waals surface area (Å²) in [5, 5.41) is 11.2. The van der Waals surface area contributed by atoms with E-state index in [-0.39, 0.29) is 17.9 Å². The van der Waals surface area contributed by atoms with Crippen LogP contribution in [0.4, 0.5) is 0 Å². The minimum atomic E-state index is -0.571. The summed E-state index contributed by atoms with van der Waals surface area (Å²) >= 11 is 0. The SMILES string of the molecule is C=C(C)OC1CC(C(=O)NC)N(C(=O)C(n2cc(C3CC3)nn2)C(C)(C)C)C1. The number of likely N-dealkylation sites (N-methyl/N-ethyl adjacent to an activating group) is 1. The van der Waals surface area contributed by atoms with E-state index < -0.39 is 17.5 Å². The zero-order chi connectivity index (χ0) is 20.6. The fourth-order valence-electron chi connectivity index (χ4n) is 3.85. The quantitative estimate of drug-likeness (QED) is 0.752. The molecule has 1 aromatic heterocycles. The maximum atomic E-state index is 13.6. The van der Waals surface area contributed by atoms with Gasteiger partial charge in [0.05, 0.1) is 18.0 Å². The van der Waals surface area contributed by atoms with E-state index in [1.54, 1.807) is 23.6 Å². The van der Waals surface area contributed by atoms with E-state index in [0.29, 0.717) is 24.6 Å². The molecule has 0 bridgehead atoms. The summed E-state index contributed by atoms with van der Waals surface area (Å²) in [6.07, 6.45) is 4.33. The fourth-order valence-corrected chi connectivity index (χ4v) is 3.85. The zero-order valence-corrected chi connectivity index (χ0v) is 17.4. The molecule has 0 spiro atoms. The van der Waals surface area contributed by atoms with Crippen LogP contribution in [0.25, 0.3) is 0 Å². The Morgan fingerprint density at radius 3 is 2.57 bits per heavy atom. The molecule has 2 aliphatic rings. The van der Waals surface area contributed by atoms with Crippen LogP contribution in [-0.2, 0) is 14.3 Å². The third-order valence-corrected chi connectivity index (χ3v) is 5.31. The lowest BCUT2D eigenvalue weighted by atomic mass is 9.85. The summed E-state index contributed by atoms with van der Waals surface area (Å²) in [5.74, 6) is 0.711. The van der Waals surface area contributed by atoms with Crippen LogP contribution in [0, 0.1) is 5.41 Å². The van der Waals surface area contributed by atoms with Crippen LogP contribution in [-0.4, -0.2) is 57.4 Å². The number of nitrogens with zero attached hydrogens (tertiary/aromatic N) is 4. The van der Waals surface area contributed by atoms with Crippen molar-refractivity contribution in [2.75, 3.05) is 13.6 Å². The minimum absolute atomic E-state index is 0.138. The lowest BCUT2D eigenvalue weighted by molar-refractivity contribution is -0.144. The second kappa shape index (κ2) is 7.56. The van der Waals surface area contributed by atoms with Crippen molar-refractivity contribution in [3.05, 3.63) is 24.2 Å². The van der Waals surface area contributed by atoms with Crippen LogP contribution in [0.2, 0.25) is 0 Å². The number of carbonyl (C=O) groups is 2. The second-order valence-electron chi connectivity index (χ2n) is 8.96. The standard InChI is InChI=1S/C20H31N5O3/c1-12(2)28-14-9-16(18(26)21-6)24(10-14)19(27)17(20(3,4)5)25-11-15(22-23-25)13-7-8-13/h11,13-14,16-17H,1,7-10H2,2-6H3,(H,21,26). The average molecular weight is 390 g/mol. The molecule has 8 heteroatoms. The highest BCUT2D eigenvalue weighted by Gasteiger charge is 2.46. The van der Waals surface area contributed by atoms with Crippen LogP contribution in [0.1, 0.15) is 64.6 Å². The first-order valence-electron chi connectivity index (χ1n) is 9.87. The van der Waals surface area contributed by atoms with Gasteiger partial charge in [-0.2, -0.15) is 0 Å². The largest absolute Gasteiger partial charge is 0.494 e. The van der Waals surface area contributed by atoms with Gasteiger partial charge >= 0.3 is 0 Å². The molecule has 0 radical (unpaired) electrons. The Morgan fingerprint density at radius 1 is 1.36 bits per heavy atom. The van der Waals surface area contributed by atoms with Gasteiger partial charge in [0.2, 0.25) is 11.8 Å². The van der Waals surface area contributed by atoms with Crippen LogP contribution >= 0.6 is 0 Å². The molecule has 2 fully saturated rings. The number of ether oxygens (including phenoxy) is 1. The Bertz CT molecular complexity index is 762. The molecule has 2 heterocycles. The molecule has 3 atom stereocenters. The molecule has 1 N–H and O–H groups in total. The molecule has 3 rings (SSSR count). The Labute approximate surface area is 166 Å². The van der Waals surface area contributed by atoms with Gasteiger partial charge in [0, 0.05) is 25.6 Å². The summed E-state index contributed by atoms with van der Waals surface area (Å²) in [5.41, 5.74) is 0.543. The molecule has 1 aromatic rings. The van der Waals surface area contributed by atoms with Crippen molar-refractivity contribution >= 4 is 11.8 Å². The Kier molecular flexibility index (Phi) is 5.50. The topological polar surface area (TPSA) is 89.4 Å². The van der Waals surface area contributed by atoms with Gasteiger partial charge in [0.25, 0.3) is 0 Å². The van der Waals surface area contributed by atoms with Crippen LogP contribution < -0.4 is 5.32 Å². The number of nitrogens with one attached hydrogen (secondary N) is 1. The van der Waals surface area contributed by atoms with Crippen LogP contribution in [0.15, 0.2) is 18.5 Å². The van der Waals surface area contributed by atoms with Crippen molar-refractivity contribution in [1.82, 2.24) is 25.2 Å². The highest BCUT2D eigenvalue weighted by molar-refractivity contribution is 5.90. The Hall–Kier alpha value is -2.38. The molecule has 8 nitrogen and oxygen atoms in total. The summed E-state index contributed by atoms with van der Waals surface area (Å²) in [6.45, 7) is 11.9. The first-order chi connectivity index (χ1) is 13.1. The van der Waals surface area contributed by atoms with Crippen LogP contribution in [0.5, 0.6) is 0 Å². The van der Waals surface area contributed by atoms with Gasteiger partial charge < -0.3 is 15.0 Å². The Morgan fingerprint density at radius 2 is 2.04 bits per heavy atom. The van der Waals surface area contributed by atoms with E-state index in [1.807, 2.05) is 27.0 Å². The number of aromatic nitrogens is 3. The molecular formula is C20H31N5O3. The number of rotatable bonds is 6. The number of allylic oxidation sites excluding steroid dienone is 1. The van der Waals surface area contributed by atoms with Crippen molar-refractivity contribution in [3.63, 3.8) is 0 Å². The monoisotopic (exact) mass is 389 g/mol. The summed E-state index contributed by atoms with van der Waals surface area (Å²) < 4.78 is 7.40. The molecule has 28 heavy (non-hydrogen) atoms. The maximum Gasteiger partial charge on any atom is 0.248 e. The predicted molar refractivity (Wildman–Crippen MR) is 104 cm³/mol. The van der Waals surface area contributed by atoms with Gasteiger partial charge in [-0.1, -0.05) is 32.6 Å². The van der Waals surface area contributed by atoms with Gasteiger partial charge in [-0.25, -0.2) is 4.68 Å². The highest BCUT2D eigenvalue weighted by atomic mass is 16.5. The van der Waals surface area contributed by atoms with Crippen molar-refractivity contribution in [1.29, 1.82) is 0 Å². The molecule has 1 saturated carbocycles. The lowest BCUT2D eigenvalue weighted by Crippen LogP contribution is -2.49. The van der Waals surface area contributed by atoms with Gasteiger partial charge in [0.1, 0.15) is 18.2 Å². The van der Waals surface area contributed by atoms with Crippen molar-refractivity contribution in [3.8, 4) is 0 Å². The number of hydrogen-bond donors (Lipinski definition) is 1. The van der Waals surface area contributed by atoms with E-state index in [0.717, 1.165) is 18.5 Å². The summed E-state index contributed by atoms with van der Waals surface area (Å²) in [7, 11) is 1.58. The third-order valence-electron chi connectivity index (χ3n) is 5.31. The number of carbonyl (C=O) groups excluding carboxylic acids is 2. The molecule has 154 valence electrons. The molecule has 1 saturated heterocycles. The number of amides is 2. The molecule has 2 amide bonds. The molecule has 1 aliphatic heterocycles. The predicted octanol–water partition coefficient (Wildman–Crippen LogP) is 2.01.